The molecule has 0 aliphatic carbocycles. The number of hydrogen-bond acceptors (Lipinski definition) is 8. The number of nitrogens with zero attached hydrogens (tertiary/aromatic N) is 4. The zero-order valence-electron chi connectivity index (χ0n) is 12.8. The molecule has 3 rings (SSSR count). The fourth-order valence-corrected chi connectivity index (χ4v) is 1.92. The Morgan fingerprint density at radius 1 is 1.17 bits per heavy atom. The lowest BCUT2D eigenvalue weighted by Gasteiger charge is -2.07. The van der Waals surface area contributed by atoms with E-state index in [1.807, 2.05) is 31.2 Å². The van der Waals surface area contributed by atoms with Gasteiger partial charge in [-0.25, -0.2) is 0 Å². The molecule has 0 aliphatic heterocycles. The number of rotatable bonds is 6. The van der Waals surface area contributed by atoms with Crippen LogP contribution in [0.25, 0.3) is 0 Å². The molecule has 0 saturated carbocycles. The maximum Gasteiger partial charge on any atom is 0.244 e. The summed E-state index contributed by atoms with van der Waals surface area (Å²) in [6.45, 7) is 2.40. The third-order valence-electron chi connectivity index (χ3n) is 3.05. The molecule has 0 bridgehead atoms. The van der Waals surface area contributed by atoms with Crippen LogP contribution in [-0.2, 0) is 6.54 Å². The minimum atomic E-state index is 0.422. The van der Waals surface area contributed by atoms with E-state index in [1.165, 1.54) is 6.20 Å². The second kappa shape index (κ2) is 6.73. The van der Waals surface area contributed by atoms with Crippen LogP contribution in [-0.4, -0.2) is 27.4 Å². The molecule has 8 nitrogen and oxygen atoms in total. The van der Waals surface area contributed by atoms with E-state index in [0.29, 0.717) is 29.9 Å². The second-order valence-corrected chi connectivity index (χ2v) is 4.81. The Kier molecular flexibility index (Phi) is 4.32. The molecule has 23 heavy (non-hydrogen) atoms. The Balaban J connectivity index is 1.62. The topological polar surface area (TPSA) is 98.0 Å². The van der Waals surface area contributed by atoms with E-state index in [0.717, 1.165) is 11.3 Å². The average molecular weight is 312 g/mol. The molecule has 3 aromatic rings. The van der Waals surface area contributed by atoms with Crippen molar-refractivity contribution >= 4 is 17.6 Å². The Labute approximate surface area is 132 Å². The lowest BCUT2D eigenvalue weighted by molar-refractivity contribution is 0.400. The van der Waals surface area contributed by atoms with Crippen LogP contribution in [0.4, 0.5) is 17.6 Å². The van der Waals surface area contributed by atoms with E-state index >= 15 is 0 Å². The van der Waals surface area contributed by atoms with Crippen molar-refractivity contribution in [3.63, 3.8) is 0 Å². The predicted molar refractivity (Wildman–Crippen MR) is 84.7 cm³/mol. The van der Waals surface area contributed by atoms with Gasteiger partial charge in [-0.1, -0.05) is 17.3 Å². The minimum absolute atomic E-state index is 0.422. The minimum Gasteiger partial charge on any atom is -0.497 e. The summed E-state index contributed by atoms with van der Waals surface area (Å²) >= 11 is 0. The lowest BCUT2D eigenvalue weighted by atomic mass is 10.2. The number of methoxy groups -OCH3 is 1. The molecule has 1 aromatic carbocycles. The van der Waals surface area contributed by atoms with Gasteiger partial charge in [-0.05, 0) is 24.6 Å². The van der Waals surface area contributed by atoms with Gasteiger partial charge in [-0.3, -0.25) is 0 Å². The number of aryl methyl sites for hydroxylation is 1. The van der Waals surface area contributed by atoms with E-state index in [2.05, 4.69) is 31.0 Å². The van der Waals surface area contributed by atoms with Gasteiger partial charge >= 0.3 is 0 Å². The van der Waals surface area contributed by atoms with Crippen LogP contribution in [0.15, 0.2) is 41.1 Å². The first kappa shape index (κ1) is 14.8. The highest BCUT2D eigenvalue weighted by molar-refractivity contribution is 5.51. The van der Waals surface area contributed by atoms with Crippen molar-refractivity contribution in [3.05, 3.63) is 47.9 Å². The normalized spacial score (nSPS) is 10.3. The summed E-state index contributed by atoms with van der Waals surface area (Å²) in [5.41, 5.74) is 1.08. The van der Waals surface area contributed by atoms with Crippen molar-refractivity contribution in [2.75, 3.05) is 17.7 Å². The molecule has 2 N–H and O–H groups in total. The van der Waals surface area contributed by atoms with Gasteiger partial charge in [0.1, 0.15) is 11.5 Å². The van der Waals surface area contributed by atoms with Crippen LogP contribution in [0.3, 0.4) is 0 Å². The van der Waals surface area contributed by atoms with Gasteiger partial charge in [0.15, 0.2) is 11.6 Å². The van der Waals surface area contributed by atoms with Crippen LogP contribution < -0.4 is 15.4 Å². The largest absolute Gasteiger partial charge is 0.497 e. The maximum atomic E-state index is 5.13. The highest BCUT2D eigenvalue weighted by atomic mass is 16.5. The number of anilines is 3. The number of ether oxygens (including phenoxy) is 1. The quantitative estimate of drug-likeness (QED) is 0.716. The molecule has 2 aromatic heterocycles. The standard InChI is InChI=1S/C15H16N6O2/c1-10-7-13(21-23-10)18-14-9-17-20-15(19-14)16-8-11-3-5-12(22-2)6-4-11/h3-7,9H,8H2,1-2H3,(H2,16,18,19,20,21). The van der Waals surface area contributed by atoms with Crippen LogP contribution in [0.2, 0.25) is 0 Å². The smallest absolute Gasteiger partial charge is 0.244 e. The molecule has 0 unspecified atom stereocenters. The van der Waals surface area contributed by atoms with E-state index in [-0.39, 0.29) is 0 Å². The van der Waals surface area contributed by atoms with Crippen molar-refractivity contribution in [1.82, 2.24) is 20.3 Å². The third-order valence-corrected chi connectivity index (χ3v) is 3.05. The summed E-state index contributed by atoms with van der Waals surface area (Å²) in [5, 5.41) is 17.8. The van der Waals surface area contributed by atoms with E-state index in [1.54, 1.807) is 13.2 Å². The monoisotopic (exact) mass is 312 g/mol. The molecule has 0 atom stereocenters. The van der Waals surface area contributed by atoms with Crippen LogP contribution in [0, 0.1) is 6.92 Å². The van der Waals surface area contributed by atoms with E-state index < -0.39 is 0 Å². The fraction of sp³-hybridized carbons (Fsp3) is 0.200. The molecule has 0 saturated heterocycles. The van der Waals surface area contributed by atoms with E-state index in [9.17, 15) is 0 Å². The molecule has 118 valence electrons. The molecule has 0 fully saturated rings. The Morgan fingerprint density at radius 2 is 2.00 bits per heavy atom. The van der Waals surface area contributed by atoms with Crippen molar-refractivity contribution < 1.29 is 9.26 Å². The van der Waals surface area contributed by atoms with Crippen molar-refractivity contribution in [2.24, 2.45) is 0 Å². The number of benzene rings is 1. The van der Waals surface area contributed by atoms with Crippen LogP contribution >= 0.6 is 0 Å². The van der Waals surface area contributed by atoms with Crippen molar-refractivity contribution in [2.45, 2.75) is 13.5 Å². The van der Waals surface area contributed by atoms with Gasteiger partial charge in [-0.2, -0.15) is 10.1 Å². The summed E-state index contributed by atoms with van der Waals surface area (Å²) in [6, 6.07) is 9.52. The van der Waals surface area contributed by atoms with Crippen molar-refractivity contribution in [3.8, 4) is 5.75 Å². The summed E-state index contributed by atoms with van der Waals surface area (Å²) in [4.78, 5) is 4.32. The highest BCUT2D eigenvalue weighted by Gasteiger charge is 2.04. The van der Waals surface area contributed by atoms with Crippen LogP contribution in [0.5, 0.6) is 5.75 Å². The summed E-state index contributed by atoms with van der Waals surface area (Å²) in [7, 11) is 1.64. The van der Waals surface area contributed by atoms with Gasteiger partial charge in [-0.15, -0.1) is 5.10 Å². The molecule has 0 radical (unpaired) electrons. The van der Waals surface area contributed by atoms with Gasteiger partial charge < -0.3 is 19.9 Å². The van der Waals surface area contributed by atoms with Gasteiger partial charge in [0.05, 0.1) is 13.3 Å². The summed E-state index contributed by atoms with van der Waals surface area (Å²) < 4.78 is 10.1. The summed E-state index contributed by atoms with van der Waals surface area (Å²) in [6.07, 6.45) is 1.52. The van der Waals surface area contributed by atoms with Gasteiger partial charge in [0.2, 0.25) is 5.95 Å². The number of aromatic nitrogens is 4. The summed E-state index contributed by atoms with van der Waals surface area (Å²) in [5.74, 6) is 3.06. The molecule has 0 aliphatic rings. The first-order valence-electron chi connectivity index (χ1n) is 7.00. The van der Waals surface area contributed by atoms with Crippen LogP contribution in [0.1, 0.15) is 11.3 Å². The number of nitrogens with one attached hydrogen (secondary N) is 2. The fourth-order valence-electron chi connectivity index (χ4n) is 1.92. The predicted octanol–water partition coefficient (Wildman–Crippen LogP) is 2.53. The Hall–Kier alpha value is -3.16. The first-order chi connectivity index (χ1) is 11.2. The molecule has 2 heterocycles. The van der Waals surface area contributed by atoms with Crippen molar-refractivity contribution in [1.29, 1.82) is 0 Å². The highest BCUT2D eigenvalue weighted by Crippen LogP contribution is 2.15. The average Bonchev–Trinajstić information content (AvgIpc) is 2.99. The van der Waals surface area contributed by atoms with Gasteiger partial charge in [0.25, 0.3) is 0 Å². The second-order valence-electron chi connectivity index (χ2n) is 4.81. The van der Waals surface area contributed by atoms with Gasteiger partial charge in [0, 0.05) is 12.6 Å². The Morgan fingerprint density at radius 3 is 2.70 bits per heavy atom. The zero-order chi connectivity index (χ0) is 16.1. The van der Waals surface area contributed by atoms with E-state index in [4.69, 9.17) is 9.26 Å². The molecule has 0 amide bonds. The number of hydrogen-bond donors (Lipinski definition) is 2. The lowest BCUT2D eigenvalue weighted by Crippen LogP contribution is -2.06. The zero-order valence-corrected chi connectivity index (χ0v) is 12.8. The molecule has 8 heteroatoms. The third kappa shape index (κ3) is 3.94. The maximum absolute atomic E-state index is 5.13. The SMILES string of the molecule is COc1ccc(CNc2nncc(Nc3cc(C)on3)n2)cc1. The Bertz CT molecular complexity index is 772. The molecular formula is C15H16N6O2. The molecular weight excluding hydrogens is 296 g/mol. The first-order valence-corrected chi connectivity index (χ1v) is 7.00. The molecule has 0 spiro atoms.